The maximum absolute atomic E-state index is 13.1. The Balaban J connectivity index is 1.62. The van der Waals surface area contributed by atoms with E-state index in [0.29, 0.717) is 36.3 Å². The van der Waals surface area contributed by atoms with Gasteiger partial charge in [0, 0.05) is 19.5 Å². The van der Waals surface area contributed by atoms with Crippen molar-refractivity contribution in [2.75, 3.05) is 26.3 Å². The molecular weight excluding hydrogens is 468 g/mol. The first-order chi connectivity index (χ1) is 17.0. The number of nitrogens with zero attached hydrogens (tertiary/aromatic N) is 2. The van der Waals surface area contributed by atoms with Gasteiger partial charge in [0.05, 0.1) is 22.9 Å². The predicted molar refractivity (Wildman–Crippen MR) is 135 cm³/mol. The number of cyclic esters (lactones) is 1. The first-order valence-corrected chi connectivity index (χ1v) is 12.6. The molecule has 1 aromatic carbocycles. The van der Waals surface area contributed by atoms with Crippen molar-refractivity contribution >= 4 is 29.2 Å². The molecule has 4 rings (SSSR count). The van der Waals surface area contributed by atoms with Gasteiger partial charge in [-0.15, -0.1) is 0 Å². The third kappa shape index (κ3) is 6.75. The highest BCUT2D eigenvalue weighted by molar-refractivity contribution is 6.33. The molecule has 8 heteroatoms. The number of allylic oxidation sites excluding steroid dienone is 3. The summed E-state index contributed by atoms with van der Waals surface area (Å²) in [5.74, 6) is -0.459. The molecule has 2 heterocycles. The molecule has 0 atom stereocenters. The second-order valence-corrected chi connectivity index (χ2v) is 9.31. The third-order valence-corrected chi connectivity index (χ3v) is 6.65. The number of ether oxygens (including phenoxy) is 1. The summed E-state index contributed by atoms with van der Waals surface area (Å²) in [5, 5.41) is 14.9. The molecule has 1 N–H and O–H groups in total. The van der Waals surface area contributed by atoms with E-state index in [1.54, 1.807) is 11.0 Å². The number of phenols is 1. The number of hydrogen-bond acceptors (Lipinski definition) is 6. The minimum atomic E-state index is -0.452. The van der Waals surface area contributed by atoms with Crippen molar-refractivity contribution in [1.82, 2.24) is 4.90 Å². The standard InChI is InChI=1S/C27H31ClN2O5/c28-26-22-16-20(29-35-18-24(32)30-13-7-5-8-14-30)10-6-3-1-2-4-9-15-34-27(33)25(22)21(17-23(26)31)19-11-12-19/h2,4-7,10,17,19,31H,1,3,8-9,11-16,18H2/b4-2+,10-6+,29-20+. The van der Waals surface area contributed by atoms with E-state index in [9.17, 15) is 14.7 Å². The second-order valence-electron chi connectivity index (χ2n) is 8.94. The van der Waals surface area contributed by atoms with Crippen LogP contribution in [0.1, 0.15) is 65.9 Å². The Morgan fingerprint density at radius 3 is 2.69 bits per heavy atom. The van der Waals surface area contributed by atoms with Gasteiger partial charge in [-0.25, -0.2) is 4.79 Å². The summed E-state index contributed by atoms with van der Waals surface area (Å²) in [5.41, 5.74) is 2.12. The molecular formula is C27H31ClN2O5. The van der Waals surface area contributed by atoms with Crippen molar-refractivity contribution in [2.24, 2.45) is 5.16 Å². The molecule has 3 aliphatic rings. The van der Waals surface area contributed by atoms with E-state index in [0.717, 1.165) is 37.7 Å². The summed E-state index contributed by atoms with van der Waals surface area (Å²) in [6, 6.07) is 1.58. The van der Waals surface area contributed by atoms with Crippen molar-refractivity contribution in [3.63, 3.8) is 0 Å². The monoisotopic (exact) mass is 498 g/mol. The van der Waals surface area contributed by atoms with Crippen LogP contribution in [0.4, 0.5) is 0 Å². The molecule has 35 heavy (non-hydrogen) atoms. The number of oxime groups is 1. The number of fused-ring (bicyclic) bond motifs is 1. The highest BCUT2D eigenvalue weighted by atomic mass is 35.5. The fourth-order valence-electron chi connectivity index (χ4n) is 4.22. The van der Waals surface area contributed by atoms with E-state index in [-0.39, 0.29) is 42.2 Å². The van der Waals surface area contributed by atoms with Gasteiger partial charge in [-0.05, 0) is 67.7 Å². The average molecular weight is 499 g/mol. The molecule has 1 aromatic rings. The van der Waals surface area contributed by atoms with Crippen LogP contribution in [0.3, 0.4) is 0 Å². The number of hydrogen-bond donors (Lipinski definition) is 1. The smallest absolute Gasteiger partial charge is 0.338 e. The van der Waals surface area contributed by atoms with E-state index in [4.69, 9.17) is 21.2 Å². The molecule has 0 spiro atoms. The molecule has 186 valence electrons. The van der Waals surface area contributed by atoms with E-state index in [1.165, 1.54) is 0 Å². The fraction of sp³-hybridized carbons (Fsp3) is 0.444. The van der Waals surface area contributed by atoms with Crippen molar-refractivity contribution in [3.05, 3.63) is 64.2 Å². The zero-order chi connectivity index (χ0) is 24.6. The molecule has 1 amide bonds. The lowest BCUT2D eigenvalue weighted by atomic mass is 9.93. The predicted octanol–water partition coefficient (Wildman–Crippen LogP) is 5.08. The van der Waals surface area contributed by atoms with Crippen LogP contribution in [-0.2, 0) is 20.8 Å². The first-order valence-electron chi connectivity index (χ1n) is 12.2. The minimum absolute atomic E-state index is 0.0678. The molecule has 0 aromatic heterocycles. The second kappa shape index (κ2) is 12.1. The van der Waals surface area contributed by atoms with E-state index >= 15 is 0 Å². The number of benzene rings is 1. The Hall–Kier alpha value is -3.06. The topological polar surface area (TPSA) is 88.4 Å². The molecule has 1 aliphatic carbocycles. The van der Waals surface area contributed by atoms with Gasteiger partial charge >= 0.3 is 5.97 Å². The quantitative estimate of drug-likeness (QED) is 0.355. The lowest BCUT2D eigenvalue weighted by Gasteiger charge is -2.22. The van der Waals surface area contributed by atoms with Gasteiger partial charge in [0.25, 0.3) is 5.91 Å². The fourth-order valence-corrected chi connectivity index (χ4v) is 4.43. The van der Waals surface area contributed by atoms with Gasteiger partial charge < -0.3 is 19.6 Å². The van der Waals surface area contributed by atoms with Crippen LogP contribution in [0.25, 0.3) is 0 Å². The van der Waals surface area contributed by atoms with E-state index < -0.39 is 5.97 Å². The molecule has 1 saturated carbocycles. The van der Waals surface area contributed by atoms with Crippen LogP contribution in [0.2, 0.25) is 5.02 Å². The summed E-state index contributed by atoms with van der Waals surface area (Å²) in [6.45, 7) is 1.33. The number of halogens is 1. The largest absolute Gasteiger partial charge is 0.506 e. The Labute approximate surface area is 210 Å². The highest BCUT2D eigenvalue weighted by Gasteiger charge is 2.33. The van der Waals surface area contributed by atoms with Gasteiger partial charge in [0.1, 0.15) is 5.75 Å². The number of rotatable bonds is 4. The summed E-state index contributed by atoms with van der Waals surface area (Å²) in [7, 11) is 0. The van der Waals surface area contributed by atoms with Gasteiger partial charge in [0.2, 0.25) is 0 Å². The van der Waals surface area contributed by atoms with Gasteiger partial charge in [0.15, 0.2) is 6.61 Å². The van der Waals surface area contributed by atoms with Crippen LogP contribution < -0.4 is 0 Å². The summed E-state index contributed by atoms with van der Waals surface area (Å²) in [6.07, 6.45) is 17.0. The van der Waals surface area contributed by atoms with Gasteiger partial charge in [-0.1, -0.05) is 47.1 Å². The molecule has 7 nitrogen and oxygen atoms in total. The minimum Gasteiger partial charge on any atom is -0.506 e. The Morgan fingerprint density at radius 1 is 1.14 bits per heavy atom. The lowest BCUT2D eigenvalue weighted by molar-refractivity contribution is -0.135. The summed E-state index contributed by atoms with van der Waals surface area (Å²) < 4.78 is 5.57. The molecule has 2 aliphatic heterocycles. The summed E-state index contributed by atoms with van der Waals surface area (Å²) >= 11 is 6.52. The zero-order valence-electron chi connectivity index (χ0n) is 19.7. The third-order valence-electron chi connectivity index (χ3n) is 6.23. The average Bonchev–Trinajstić information content (AvgIpc) is 3.70. The van der Waals surface area contributed by atoms with Gasteiger partial charge in [-0.3, -0.25) is 4.79 Å². The van der Waals surface area contributed by atoms with Crippen molar-refractivity contribution in [3.8, 4) is 5.75 Å². The maximum atomic E-state index is 13.1. The van der Waals surface area contributed by atoms with Crippen molar-refractivity contribution in [2.45, 2.75) is 50.9 Å². The molecule has 0 bridgehead atoms. The number of amides is 1. The molecule has 0 radical (unpaired) electrons. The number of esters is 1. The Kier molecular flexibility index (Phi) is 8.64. The number of carbonyl (C=O) groups is 2. The number of phenolic OH excluding ortho intramolecular Hbond substituents is 1. The normalized spacial score (nSPS) is 22.1. The zero-order valence-corrected chi connectivity index (χ0v) is 20.5. The van der Waals surface area contributed by atoms with Crippen LogP contribution in [0, 0.1) is 0 Å². The molecule has 1 fully saturated rings. The van der Waals surface area contributed by atoms with Crippen molar-refractivity contribution < 1.29 is 24.3 Å². The first kappa shape index (κ1) is 25.0. The van der Waals surface area contributed by atoms with Gasteiger partial charge in [-0.2, -0.15) is 0 Å². The SMILES string of the molecule is O=C1OCC/C=C/CC/C=C/C(=N\OCC(=O)N2CC=CCC2)Cc2c(Cl)c(O)cc(C3CC3)c21. The lowest BCUT2D eigenvalue weighted by Crippen LogP contribution is -2.36. The molecule has 0 saturated heterocycles. The summed E-state index contributed by atoms with van der Waals surface area (Å²) in [4.78, 5) is 32.8. The van der Waals surface area contributed by atoms with Crippen LogP contribution >= 0.6 is 11.6 Å². The Bertz CT molecular complexity index is 1070. The van der Waals surface area contributed by atoms with E-state index in [1.807, 2.05) is 24.3 Å². The maximum Gasteiger partial charge on any atom is 0.338 e. The molecule has 0 unspecified atom stereocenters. The highest BCUT2D eigenvalue weighted by Crippen LogP contribution is 2.46. The van der Waals surface area contributed by atoms with Crippen molar-refractivity contribution in [1.29, 1.82) is 0 Å². The van der Waals surface area contributed by atoms with Crippen LogP contribution in [0.15, 0.2) is 47.7 Å². The number of aromatic hydroxyl groups is 1. The Morgan fingerprint density at radius 2 is 1.91 bits per heavy atom. The van der Waals surface area contributed by atoms with Crippen LogP contribution in [0.5, 0.6) is 5.75 Å². The van der Waals surface area contributed by atoms with Crippen LogP contribution in [-0.4, -0.2) is 53.9 Å². The number of carbonyl (C=O) groups excluding carboxylic acids is 2. The van der Waals surface area contributed by atoms with E-state index in [2.05, 4.69) is 17.3 Å².